The lowest BCUT2D eigenvalue weighted by molar-refractivity contribution is 0.148. The number of hydrogen-bond acceptors (Lipinski definition) is 4. The summed E-state index contributed by atoms with van der Waals surface area (Å²) < 4.78 is 5.73. The van der Waals surface area contributed by atoms with E-state index in [-0.39, 0.29) is 18.0 Å². The van der Waals surface area contributed by atoms with Gasteiger partial charge in [-0.15, -0.1) is 0 Å². The van der Waals surface area contributed by atoms with E-state index in [1.54, 1.807) is 0 Å². The number of aliphatic hydroxyl groups is 1. The number of benzene rings is 1. The summed E-state index contributed by atoms with van der Waals surface area (Å²) in [4.78, 5) is 10.5. The Morgan fingerprint density at radius 3 is 2.79 bits per heavy atom. The van der Waals surface area contributed by atoms with Crippen molar-refractivity contribution < 1.29 is 19.7 Å². The van der Waals surface area contributed by atoms with Gasteiger partial charge in [0, 0.05) is 31.1 Å². The molecule has 24 heavy (non-hydrogen) atoms. The molecular weight excluding hydrogens is 308 g/mol. The summed E-state index contributed by atoms with van der Waals surface area (Å²) in [7, 11) is 0. The lowest BCUT2D eigenvalue weighted by Crippen LogP contribution is -2.39. The van der Waals surface area contributed by atoms with Gasteiger partial charge in [0.1, 0.15) is 5.75 Å². The molecule has 0 saturated heterocycles. The average Bonchev–Trinajstić information content (AvgIpc) is 2.49. The van der Waals surface area contributed by atoms with E-state index in [0.29, 0.717) is 13.2 Å². The minimum absolute atomic E-state index is 0.0163. The first-order valence-electron chi connectivity index (χ1n) is 8.38. The number of rotatable bonds is 6. The number of aliphatic hydroxyl groups excluding tert-OH is 1. The van der Waals surface area contributed by atoms with Gasteiger partial charge < -0.3 is 25.6 Å². The smallest absolute Gasteiger partial charge is 0.404 e. The van der Waals surface area contributed by atoms with Gasteiger partial charge in [-0.05, 0) is 23.5 Å². The van der Waals surface area contributed by atoms with Crippen LogP contribution in [0.3, 0.4) is 0 Å². The predicted molar refractivity (Wildman–Crippen MR) is 92.5 cm³/mol. The molecule has 2 atom stereocenters. The highest BCUT2D eigenvalue weighted by atomic mass is 16.5. The molecule has 1 amide bonds. The fourth-order valence-corrected chi connectivity index (χ4v) is 2.93. The topological polar surface area (TPSA) is 90.8 Å². The van der Waals surface area contributed by atoms with Gasteiger partial charge in [-0.25, -0.2) is 4.79 Å². The third kappa shape index (κ3) is 5.69. The first-order chi connectivity index (χ1) is 11.2. The van der Waals surface area contributed by atoms with Crippen LogP contribution in [0.15, 0.2) is 18.2 Å². The van der Waals surface area contributed by atoms with Gasteiger partial charge >= 0.3 is 6.09 Å². The second-order valence-electron chi connectivity index (χ2n) is 7.55. The molecule has 134 valence electrons. The molecule has 1 aliphatic heterocycles. The van der Waals surface area contributed by atoms with E-state index in [4.69, 9.17) is 9.84 Å². The zero-order chi connectivity index (χ0) is 17.7. The van der Waals surface area contributed by atoms with E-state index in [1.165, 1.54) is 5.56 Å². The summed E-state index contributed by atoms with van der Waals surface area (Å²) in [6.45, 7) is 7.61. The molecule has 1 aromatic rings. The largest absolute Gasteiger partial charge is 0.493 e. The molecule has 1 aliphatic rings. The molecule has 1 aromatic carbocycles. The van der Waals surface area contributed by atoms with Crippen LogP contribution in [0.1, 0.15) is 44.4 Å². The Balaban J connectivity index is 2.01. The van der Waals surface area contributed by atoms with E-state index >= 15 is 0 Å². The van der Waals surface area contributed by atoms with Crippen molar-refractivity contribution in [3.8, 4) is 5.75 Å². The Kier molecular flexibility index (Phi) is 6.07. The SMILES string of the molecule is CC(C)(C)Cc1ccc2c(c1)[C@@H](NCC(O)CNC(=O)O)CCO2. The minimum Gasteiger partial charge on any atom is -0.493 e. The molecule has 4 N–H and O–H groups in total. The van der Waals surface area contributed by atoms with Crippen LogP contribution in [0.5, 0.6) is 5.75 Å². The minimum atomic E-state index is -1.13. The van der Waals surface area contributed by atoms with Gasteiger partial charge in [0.2, 0.25) is 0 Å². The average molecular weight is 336 g/mol. The molecule has 1 unspecified atom stereocenters. The van der Waals surface area contributed by atoms with Crippen LogP contribution in [0.4, 0.5) is 4.79 Å². The summed E-state index contributed by atoms with van der Waals surface area (Å²) in [5.41, 5.74) is 2.60. The number of nitrogens with one attached hydrogen (secondary N) is 2. The van der Waals surface area contributed by atoms with Crippen LogP contribution in [0, 0.1) is 5.41 Å². The third-order valence-corrected chi connectivity index (χ3v) is 3.94. The highest BCUT2D eigenvalue weighted by molar-refractivity contribution is 5.64. The molecule has 0 bridgehead atoms. The maximum Gasteiger partial charge on any atom is 0.404 e. The van der Waals surface area contributed by atoms with Crippen molar-refractivity contribution in [3.05, 3.63) is 29.3 Å². The van der Waals surface area contributed by atoms with Crippen LogP contribution in [-0.4, -0.2) is 42.1 Å². The monoisotopic (exact) mass is 336 g/mol. The first-order valence-corrected chi connectivity index (χ1v) is 8.38. The summed E-state index contributed by atoms with van der Waals surface area (Å²) in [6, 6.07) is 6.41. The molecular formula is C18H28N2O4. The van der Waals surface area contributed by atoms with Crippen LogP contribution >= 0.6 is 0 Å². The van der Waals surface area contributed by atoms with Crippen LogP contribution in [0.25, 0.3) is 0 Å². The van der Waals surface area contributed by atoms with Crippen molar-refractivity contribution in [2.24, 2.45) is 5.41 Å². The zero-order valence-corrected chi connectivity index (χ0v) is 14.6. The second-order valence-corrected chi connectivity index (χ2v) is 7.55. The van der Waals surface area contributed by atoms with Crippen LogP contribution < -0.4 is 15.4 Å². The fourth-order valence-electron chi connectivity index (χ4n) is 2.93. The number of hydrogen-bond donors (Lipinski definition) is 4. The first kappa shape index (κ1) is 18.5. The van der Waals surface area contributed by atoms with E-state index in [2.05, 4.69) is 43.5 Å². The molecule has 0 fully saturated rings. The van der Waals surface area contributed by atoms with Crippen molar-refractivity contribution in [1.82, 2.24) is 10.6 Å². The zero-order valence-electron chi connectivity index (χ0n) is 14.6. The summed E-state index contributed by atoms with van der Waals surface area (Å²) >= 11 is 0. The molecule has 2 rings (SSSR count). The Morgan fingerprint density at radius 1 is 1.38 bits per heavy atom. The van der Waals surface area contributed by atoms with Crippen LogP contribution in [-0.2, 0) is 6.42 Å². The number of amides is 1. The molecule has 0 aliphatic carbocycles. The third-order valence-electron chi connectivity index (χ3n) is 3.94. The van der Waals surface area contributed by atoms with Crippen molar-refractivity contribution in [1.29, 1.82) is 0 Å². The lowest BCUT2D eigenvalue weighted by atomic mass is 9.86. The number of ether oxygens (including phenoxy) is 1. The standard InChI is InChI=1S/C18H28N2O4/c1-18(2,3)9-12-4-5-16-14(8-12)15(6-7-24-16)19-10-13(21)11-20-17(22)23/h4-5,8,13,15,19-21H,6-7,9-11H2,1-3H3,(H,22,23)/t13?,15-/m0/s1. The maximum absolute atomic E-state index is 10.5. The van der Waals surface area contributed by atoms with E-state index in [1.807, 2.05) is 6.07 Å². The predicted octanol–water partition coefficient (Wildman–Crippen LogP) is 2.32. The van der Waals surface area contributed by atoms with E-state index in [9.17, 15) is 9.90 Å². The van der Waals surface area contributed by atoms with E-state index in [0.717, 1.165) is 24.2 Å². The Bertz CT molecular complexity index is 569. The van der Waals surface area contributed by atoms with Gasteiger partial charge in [0.15, 0.2) is 0 Å². The van der Waals surface area contributed by atoms with Crippen molar-refractivity contribution in [3.63, 3.8) is 0 Å². The van der Waals surface area contributed by atoms with Gasteiger partial charge in [0.25, 0.3) is 0 Å². The van der Waals surface area contributed by atoms with Gasteiger partial charge in [-0.1, -0.05) is 32.9 Å². The number of carboxylic acid groups (broad SMARTS) is 1. The molecule has 1 heterocycles. The summed E-state index contributed by atoms with van der Waals surface area (Å²) in [5, 5.41) is 24.0. The van der Waals surface area contributed by atoms with Crippen molar-refractivity contribution >= 4 is 6.09 Å². The Hall–Kier alpha value is -1.79. The van der Waals surface area contributed by atoms with Crippen molar-refractivity contribution in [2.45, 2.75) is 45.8 Å². The second kappa shape index (κ2) is 7.85. The molecule has 0 aromatic heterocycles. The summed E-state index contributed by atoms with van der Waals surface area (Å²) in [5.74, 6) is 0.884. The van der Waals surface area contributed by atoms with Crippen molar-refractivity contribution in [2.75, 3.05) is 19.7 Å². The Morgan fingerprint density at radius 2 is 2.12 bits per heavy atom. The fraction of sp³-hybridized carbons (Fsp3) is 0.611. The quantitative estimate of drug-likeness (QED) is 0.640. The van der Waals surface area contributed by atoms with Crippen LogP contribution in [0.2, 0.25) is 0 Å². The molecule has 0 radical (unpaired) electrons. The molecule has 0 spiro atoms. The molecule has 6 heteroatoms. The summed E-state index contributed by atoms with van der Waals surface area (Å²) in [6.07, 6.45) is -0.0779. The number of carbonyl (C=O) groups is 1. The highest BCUT2D eigenvalue weighted by Gasteiger charge is 2.23. The van der Waals surface area contributed by atoms with E-state index < -0.39 is 12.2 Å². The van der Waals surface area contributed by atoms with Gasteiger partial charge in [-0.3, -0.25) is 0 Å². The van der Waals surface area contributed by atoms with Gasteiger partial charge in [0.05, 0.1) is 12.7 Å². The maximum atomic E-state index is 10.5. The molecule has 6 nitrogen and oxygen atoms in total. The highest BCUT2D eigenvalue weighted by Crippen LogP contribution is 2.34. The lowest BCUT2D eigenvalue weighted by Gasteiger charge is -2.29. The number of fused-ring (bicyclic) bond motifs is 1. The Labute approximate surface area is 143 Å². The van der Waals surface area contributed by atoms with Gasteiger partial charge in [-0.2, -0.15) is 0 Å². The normalized spacial score (nSPS) is 18.4. The molecule has 0 saturated carbocycles.